The molecule has 200 valence electrons. The number of aryl methyl sites for hydroxylation is 1. The molecule has 12 nitrogen and oxygen atoms in total. The highest BCUT2D eigenvalue weighted by Crippen LogP contribution is 2.40. The molecule has 2 N–H and O–H groups in total. The topological polar surface area (TPSA) is 140 Å². The molecule has 38 heavy (non-hydrogen) atoms. The van der Waals surface area contributed by atoms with E-state index in [1.54, 1.807) is 24.5 Å². The van der Waals surface area contributed by atoms with Crippen molar-refractivity contribution in [2.45, 2.75) is 18.2 Å². The van der Waals surface area contributed by atoms with Gasteiger partial charge in [-0.3, -0.25) is 0 Å². The van der Waals surface area contributed by atoms with E-state index < -0.39 is 10.0 Å². The molecular formula is C25H30N8O4S. The Morgan fingerprint density at radius 1 is 0.921 bits per heavy atom. The molecule has 2 aromatic heterocycles. The lowest BCUT2D eigenvalue weighted by molar-refractivity contribution is 0.0730. The number of ether oxygens (including phenoxy) is 2. The normalized spacial score (nSPS) is 18.6. The van der Waals surface area contributed by atoms with Crippen LogP contribution in [0.3, 0.4) is 0 Å². The zero-order valence-electron chi connectivity index (χ0n) is 21.2. The summed E-state index contributed by atoms with van der Waals surface area (Å²) < 4.78 is 38.8. The molecule has 1 aromatic carbocycles. The Hall–Kier alpha value is -3.39. The standard InChI is InChI=1S/C25H30N8O4S/c1-17-14-19(38(34,35)32-8-12-37-13-9-32)2-3-21(17)33-5-4-20-22(18-15-27-24(26)28-16-18)29-25(30-23(20)33)31-6-10-36-11-7-31/h2-3,14-16H,4-13H2,1H3,(H2,26,27,28). The smallest absolute Gasteiger partial charge is 0.243 e. The summed E-state index contributed by atoms with van der Waals surface area (Å²) in [5.41, 5.74) is 10.1. The van der Waals surface area contributed by atoms with E-state index in [-0.39, 0.29) is 10.8 Å². The third-order valence-corrected chi connectivity index (χ3v) is 9.02. The summed E-state index contributed by atoms with van der Waals surface area (Å²) in [6, 6.07) is 5.31. The van der Waals surface area contributed by atoms with E-state index in [2.05, 4.69) is 19.8 Å². The highest BCUT2D eigenvalue weighted by atomic mass is 32.2. The van der Waals surface area contributed by atoms with Crippen molar-refractivity contribution in [2.24, 2.45) is 0 Å². The molecule has 0 amide bonds. The lowest BCUT2D eigenvalue weighted by atomic mass is 10.1. The fourth-order valence-electron chi connectivity index (χ4n) is 5.11. The zero-order valence-corrected chi connectivity index (χ0v) is 22.0. The number of nitrogen functional groups attached to an aromatic ring is 1. The van der Waals surface area contributed by atoms with Gasteiger partial charge in [-0.05, 0) is 37.1 Å². The van der Waals surface area contributed by atoms with Crippen molar-refractivity contribution >= 4 is 33.4 Å². The van der Waals surface area contributed by atoms with Crippen LogP contribution in [0.4, 0.5) is 23.4 Å². The molecule has 0 bridgehead atoms. The first-order valence-electron chi connectivity index (χ1n) is 12.7. The van der Waals surface area contributed by atoms with Crippen molar-refractivity contribution in [3.8, 4) is 11.3 Å². The van der Waals surface area contributed by atoms with Gasteiger partial charge in [-0.15, -0.1) is 0 Å². The van der Waals surface area contributed by atoms with Crippen LogP contribution in [0.25, 0.3) is 11.3 Å². The Morgan fingerprint density at radius 2 is 1.61 bits per heavy atom. The molecule has 13 heteroatoms. The predicted molar refractivity (Wildman–Crippen MR) is 142 cm³/mol. The number of sulfonamides is 1. The minimum absolute atomic E-state index is 0.206. The number of hydrogen-bond donors (Lipinski definition) is 1. The maximum atomic E-state index is 13.2. The number of aromatic nitrogens is 4. The molecule has 6 rings (SSSR count). The number of nitrogens with zero attached hydrogens (tertiary/aromatic N) is 7. The monoisotopic (exact) mass is 538 g/mol. The summed E-state index contributed by atoms with van der Waals surface area (Å²) in [4.78, 5) is 22.8. The van der Waals surface area contributed by atoms with Gasteiger partial charge in [0.25, 0.3) is 0 Å². The van der Waals surface area contributed by atoms with Crippen molar-refractivity contribution < 1.29 is 17.9 Å². The zero-order chi connectivity index (χ0) is 26.3. The SMILES string of the molecule is Cc1cc(S(=O)(=O)N2CCOCC2)ccc1N1CCc2c(-c3cnc(N)nc3)nc(N3CCOCC3)nc21. The third kappa shape index (κ3) is 4.55. The number of benzene rings is 1. The maximum Gasteiger partial charge on any atom is 0.243 e. The molecule has 0 aliphatic carbocycles. The fourth-order valence-corrected chi connectivity index (χ4v) is 6.60. The fraction of sp³-hybridized carbons (Fsp3) is 0.440. The number of morpholine rings is 2. The molecule has 5 heterocycles. The Kier molecular flexibility index (Phi) is 6.60. The van der Waals surface area contributed by atoms with Crippen molar-refractivity contribution in [3.05, 3.63) is 41.7 Å². The predicted octanol–water partition coefficient (Wildman–Crippen LogP) is 1.38. The highest BCUT2D eigenvalue weighted by molar-refractivity contribution is 7.89. The number of fused-ring (bicyclic) bond motifs is 1. The Labute approximate surface area is 221 Å². The summed E-state index contributed by atoms with van der Waals surface area (Å²) in [5, 5.41) is 0. The first kappa shape index (κ1) is 24.9. The number of nitrogens with two attached hydrogens (primary N) is 1. The van der Waals surface area contributed by atoms with Gasteiger partial charge in [-0.1, -0.05) is 0 Å². The molecule has 3 aliphatic rings. The second-order valence-corrected chi connectivity index (χ2v) is 11.4. The molecule has 0 unspecified atom stereocenters. The van der Waals surface area contributed by atoms with Gasteiger partial charge >= 0.3 is 0 Å². The molecule has 3 aliphatic heterocycles. The first-order chi connectivity index (χ1) is 18.4. The Bertz CT molecular complexity index is 1440. The van der Waals surface area contributed by atoms with Crippen molar-refractivity contribution in [2.75, 3.05) is 74.7 Å². The molecule has 2 fully saturated rings. The summed E-state index contributed by atoms with van der Waals surface area (Å²) >= 11 is 0. The van der Waals surface area contributed by atoms with Gasteiger partial charge in [0.2, 0.25) is 21.9 Å². The molecule has 2 saturated heterocycles. The Morgan fingerprint density at radius 3 is 2.29 bits per heavy atom. The van der Waals surface area contributed by atoms with E-state index in [0.29, 0.717) is 65.1 Å². The van der Waals surface area contributed by atoms with Crippen LogP contribution in [0.5, 0.6) is 0 Å². The highest BCUT2D eigenvalue weighted by Gasteiger charge is 2.31. The number of anilines is 4. The van der Waals surface area contributed by atoms with E-state index in [9.17, 15) is 8.42 Å². The van der Waals surface area contributed by atoms with Crippen LogP contribution in [0.15, 0.2) is 35.5 Å². The van der Waals surface area contributed by atoms with Crippen molar-refractivity contribution in [1.82, 2.24) is 24.2 Å². The van der Waals surface area contributed by atoms with Gasteiger partial charge in [0.15, 0.2) is 0 Å². The van der Waals surface area contributed by atoms with E-state index in [4.69, 9.17) is 25.2 Å². The Balaban J connectivity index is 1.39. The van der Waals surface area contributed by atoms with Crippen LogP contribution in [0, 0.1) is 6.92 Å². The van der Waals surface area contributed by atoms with Gasteiger partial charge in [0.05, 0.1) is 37.0 Å². The molecule has 0 atom stereocenters. The van der Waals surface area contributed by atoms with Gasteiger partial charge < -0.3 is 25.0 Å². The molecule has 0 saturated carbocycles. The molecule has 0 radical (unpaired) electrons. The second-order valence-electron chi connectivity index (χ2n) is 9.47. The lowest BCUT2D eigenvalue weighted by Gasteiger charge is -2.29. The maximum absolute atomic E-state index is 13.2. The number of hydrogen-bond acceptors (Lipinski definition) is 11. The van der Waals surface area contributed by atoms with Gasteiger partial charge in [-0.25, -0.2) is 23.4 Å². The molecular weight excluding hydrogens is 508 g/mol. The summed E-state index contributed by atoms with van der Waals surface area (Å²) in [6.45, 7) is 6.79. The van der Waals surface area contributed by atoms with Crippen LogP contribution in [0.2, 0.25) is 0 Å². The minimum atomic E-state index is -3.59. The van der Waals surface area contributed by atoms with E-state index >= 15 is 0 Å². The van der Waals surface area contributed by atoms with Crippen LogP contribution < -0.4 is 15.5 Å². The summed E-state index contributed by atoms with van der Waals surface area (Å²) in [5.74, 6) is 1.63. The van der Waals surface area contributed by atoms with E-state index in [0.717, 1.165) is 40.3 Å². The number of rotatable bonds is 5. The quantitative estimate of drug-likeness (QED) is 0.504. The van der Waals surface area contributed by atoms with E-state index in [1.807, 2.05) is 13.0 Å². The van der Waals surface area contributed by atoms with Crippen LogP contribution in [0.1, 0.15) is 11.1 Å². The average Bonchev–Trinajstić information content (AvgIpc) is 3.38. The molecule has 3 aromatic rings. The second kappa shape index (κ2) is 10.1. The van der Waals surface area contributed by atoms with Crippen LogP contribution in [-0.2, 0) is 25.9 Å². The lowest BCUT2D eigenvalue weighted by Crippen LogP contribution is -2.40. The van der Waals surface area contributed by atoms with Crippen LogP contribution >= 0.6 is 0 Å². The van der Waals surface area contributed by atoms with E-state index in [1.165, 1.54) is 4.31 Å². The minimum Gasteiger partial charge on any atom is -0.379 e. The third-order valence-electron chi connectivity index (χ3n) is 7.12. The van der Waals surface area contributed by atoms with Gasteiger partial charge in [0, 0.05) is 61.9 Å². The van der Waals surface area contributed by atoms with Crippen LogP contribution in [-0.4, -0.2) is 91.8 Å². The average molecular weight is 539 g/mol. The van der Waals surface area contributed by atoms with Crippen molar-refractivity contribution in [1.29, 1.82) is 0 Å². The first-order valence-corrected chi connectivity index (χ1v) is 14.1. The summed E-state index contributed by atoms with van der Waals surface area (Å²) in [7, 11) is -3.59. The van der Waals surface area contributed by atoms with Gasteiger partial charge in [0.1, 0.15) is 5.82 Å². The molecule has 0 spiro atoms. The summed E-state index contributed by atoms with van der Waals surface area (Å²) in [6.07, 6.45) is 4.10. The largest absolute Gasteiger partial charge is 0.379 e. The van der Waals surface area contributed by atoms with Gasteiger partial charge in [-0.2, -0.15) is 9.29 Å². The van der Waals surface area contributed by atoms with Crippen molar-refractivity contribution in [3.63, 3.8) is 0 Å².